The van der Waals surface area contributed by atoms with E-state index < -0.39 is 5.97 Å². The van der Waals surface area contributed by atoms with Gasteiger partial charge in [-0.25, -0.2) is 4.79 Å². The zero-order valence-electron chi connectivity index (χ0n) is 14.8. The van der Waals surface area contributed by atoms with Crippen LogP contribution in [0.25, 0.3) is 11.1 Å². The fourth-order valence-electron chi connectivity index (χ4n) is 2.27. The van der Waals surface area contributed by atoms with Crippen molar-refractivity contribution in [1.29, 1.82) is 0 Å². The van der Waals surface area contributed by atoms with Gasteiger partial charge >= 0.3 is 5.97 Å². The Morgan fingerprint density at radius 2 is 1.92 bits per heavy atom. The summed E-state index contributed by atoms with van der Waals surface area (Å²) in [6.07, 6.45) is 0.943. The molecule has 6 heteroatoms. The van der Waals surface area contributed by atoms with E-state index in [1.807, 2.05) is 42.6 Å². The SMILES string of the molecule is CCOC(=O)c1c(-c2ccccc2)csc1NC(=O)CNC(C)CC. The molecule has 2 aromatic rings. The standard InChI is InChI=1S/C19H24N2O3S/c1-4-13(3)20-11-16(22)21-18-17(19(23)24-5-2)15(12-25-18)14-9-7-6-8-10-14/h6-10,12-13,20H,4-5,11H2,1-3H3,(H,21,22). The molecule has 0 saturated carbocycles. The van der Waals surface area contributed by atoms with Crippen molar-refractivity contribution in [3.63, 3.8) is 0 Å². The summed E-state index contributed by atoms with van der Waals surface area (Å²) in [4.78, 5) is 24.6. The molecule has 25 heavy (non-hydrogen) atoms. The molecule has 0 spiro atoms. The minimum atomic E-state index is -0.423. The monoisotopic (exact) mass is 360 g/mol. The lowest BCUT2D eigenvalue weighted by molar-refractivity contribution is -0.115. The topological polar surface area (TPSA) is 67.4 Å². The molecule has 1 amide bonds. The van der Waals surface area contributed by atoms with Gasteiger partial charge in [0.1, 0.15) is 10.6 Å². The van der Waals surface area contributed by atoms with Crippen LogP contribution in [0.1, 0.15) is 37.6 Å². The minimum absolute atomic E-state index is 0.174. The van der Waals surface area contributed by atoms with Crippen LogP contribution in [-0.4, -0.2) is 31.1 Å². The molecule has 0 radical (unpaired) electrons. The van der Waals surface area contributed by atoms with E-state index in [4.69, 9.17) is 4.74 Å². The Hall–Kier alpha value is -2.18. The summed E-state index contributed by atoms with van der Waals surface area (Å²) in [6, 6.07) is 9.87. The van der Waals surface area contributed by atoms with E-state index in [1.54, 1.807) is 6.92 Å². The average Bonchev–Trinajstić information content (AvgIpc) is 3.04. The molecule has 1 aromatic heterocycles. The van der Waals surface area contributed by atoms with Gasteiger partial charge in [-0.05, 0) is 25.8 Å². The van der Waals surface area contributed by atoms with Crippen LogP contribution in [-0.2, 0) is 9.53 Å². The van der Waals surface area contributed by atoms with Crippen molar-refractivity contribution < 1.29 is 14.3 Å². The lowest BCUT2D eigenvalue weighted by Crippen LogP contribution is -2.34. The molecule has 2 rings (SSSR count). The largest absolute Gasteiger partial charge is 0.462 e. The van der Waals surface area contributed by atoms with Crippen molar-refractivity contribution >= 4 is 28.2 Å². The number of thiophene rings is 1. The van der Waals surface area contributed by atoms with Gasteiger partial charge in [0.15, 0.2) is 0 Å². The van der Waals surface area contributed by atoms with Crippen LogP contribution in [0.2, 0.25) is 0 Å². The maximum Gasteiger partial charge on any atom is 0.341 e. The minimum Gasteiger partial charge on any atom is -0.462 e. The third kappa shape index (κ3) is 5.14. The van der Waals surface area contributed by atoms with Crippen molar-refractivity contribution in [2.24, 2.45) is 0 Å². The van der Waals surface area contributed by atoms with Crippen molar-refractivity contribution in [2.45, 2.75) is 33.2 Å². The first-order valence-corrected chi connectivity index (χ1v) is 9.32. The average molecular weight is 360 g/mol. The number of amides is 1. The lowest BCUT2D eigenvalue weighted by Gasteiger charge is -2.12. The molecular formula is C19H24N2O3S. The second kappa shape index (κ2) is 9.34. The Labute approximate surface area is 152 Å². The first kappa shape index (κ1) is 19.1. The number of hydrogen-bond acceptors (Lipinski definition) is 5. The Morgan fingerprint density at radius 1 is 1.20 bits per heavy atom. The maximum absolute atomic E-state index is 12.4. The van der Waals surface area contributed by atoms with Gasteiger partial charge in [0.25, 0.3) is 0 Å². The number of benzene rings is 1. The van der Waals surface area contributed by atoms with E-state index in [0.717, 1.165) is 17.5 Å². The first-order chi connectivity index (χ1) is 12.1. The summed E-state index contributed by atoms with van der Waals surface area (Å²) in [7, 11) is 0. The summed E-state index contributed by atoms with van der Waals surface area (Å²) in [5.41, 5.74) is 2.10. The second-order valence-corrected chi connectivity index (χ2v) is 6.56. The number of hydrogen-bond donors (Lipinski definition) is 2. The molecule has 1 atom stereocenters. The van der Waals surface area contributed by atoms with Gasteiger partial charge in [-0.15, -0.1) is 11.3 Å². The van der Waals surface area contributed by atoms with Gasteiger partial charge in [0.2, 0.25) is 5.91 Å². The molecule has 2 N–H and O–H groups in total. The fraction of sp³-hybridized carbons (Fsp3) is 0.368. The number of carbonyl (C=O) groups is 2. The van der Waals surface area contributed by atoms with Crippen LogP contribution in [0, 0.1) is 0 Å². The Bertz CT molecular complexity index is 713. The molecular weight excluding hydrogens is 336 g/mol. The highest BCUT2D eigenvalue weighted by Gasteiger charge is 2.22. The van der Waals surface area contributed by atoms with E-state index >= 15 is 0 Å². The molecule has 0 fully saturated rings. The number of ether oxygens (including phenoxy) is 1. The van der Waals surface area contributed by atoms with Gasteiger partial charge in [0.05, 0.1) is 13.2 Å². The van der Waals surface area contributed by atoms with Gasteiger partial charge in [0, 0.05) is 17.0 Å². The zero-order chi connectivity index (χ0) is 18.2. The molecule has 134 valence electrons. The highest BCUT2D eigenvalue weighted by Crippen LogP contribution is 2.36. The molecule has 0 aliphatic heterocycles. The van der Waals surface area contributed by atoms with Crippen molar-refractivity contribution in [3.05, 3.63) is 41.3 Å². The number of carbonyl (C=O) groups excluding carboxylic acids is 2. The van der Waals surface area contributed by atoms with Gasteiger partial charge in [-0.1, -0.05) is 37.3 Å². The van der Waals surface area contributed by atoms with Gasteiger partial charge in [-0.2, -0.15) is 0 Å². The van der Waals surface area contributed by atoms with E-state index in [-0.39, 0.29) is 25.1 Å². The summed E-state index contributed by atoms with van der Waals surface area (Å²) >= 11 is 1.33. The Kier molecular flexibility index (Phi) is 7.16. The summed E-state index contributed by atoms with van der Waals surface area (Å²) in [6.45, 7) is 6.33. The number of rotatable bonds is 8. The fourth-order valence-corrected chi connectivity index (χ4v) is 3.24. The third-order valence-electron chi connectivity index (χ3n) is 3.83. The van der Waals surface area contributed by atoms with E-state index in [2.05, 4.69) is 17.6 Å². The zero-order valence-corrected chi connectivity index (χ0v) is 15.6. The maximum atomic E-state index is 12.4. The molecule has 0 aliphatic carbocycles. The third-order valence-corrected chi connectivity index (χ3v) is 4.73. The summed E-state index contributed by atoms with van der Waals surface area (Å²) < 4.78 is 5.19. The van der Waals surface area contributed by atoms with E-state index in [1.165, 1.54) is 11.3 Å². The summed E-state index contributed by atoms with van der Waals surface area (Å²) in [5.74, 6) is -0.597. The first-order valence-electron chi connectivity index (χ1n) is 8.44. The van der Waals surface area contributed by atoms with Gasteiger partial charge in [-0.3, -0.25) is 4.79 Å². The molecule has 0 aliphatic rings. The second-order valence-electron chi connectivity index (χ2n) is 5.68. The molecule has 5 nitrogen and oxygen atoms in total. The number of nitrogens with one attached hydrogen (secondary N) is 2. The van der Waals surface area contributed by atoms with E-state index in [0.29, 0.717) is 10.6 Å². The highest BCUT2D eigenvalue weighted by atomic mass is 32.1. The molecule has 1 unspecified atom stereocenters. The molecule has 0 bridgehead atoms. The number of anilines is 1. The van der Waals surface area contributed by atoms with Crippen LogP contribution >= 0.6 is 11.3 Å². The molecule has 0 saturated heterocycles. The van der Waals surface area contributed by atoms with E-state index in [9.17, 15) is 9.59 Å². The van der Waals surface area contributed by atoms with Crippen molar-refractivity contribution in [1.82, 2.24) is 5.32 Å². The Balaban J connectivity index is 2.24. The summed E-state index contributed by atoms with van der Waals surface area (Å²) in [5, 5.41) is 8.37. The van der Waals surface area contributed by atoms with Crippen LogP contribution in [0.15, 0.2) is 35.7 Å². The predicted octanol–water partition coefficient (Wildman–Crippen LogP) is 3.92. The molecule has 1 aromatic carbocycles. The predicted molar refractivity (Wildman–Crippen MR) is 102 cm³/mol. The smallest absolute Gasteiger partial charge is 0.341 e. The van der Waals surface area contributed by atoms with Crippen LogP contribution in [0.3, 0.4) is 0 Å². The Morgan fingerprint density at radius 3 is 2.56 bits per heavy atom. The quantitative estimate of drug-likeness (QED) is 0.700. The lowest BCUT2D eigenvalue weighted by atomic mass is 10.0. The normalized spacial score (nSPS) is 11.8. The van der Waals surface area contributed by atoms with Crippen LogP contribution in [0.5, 0.6) is 0 Å². The molecule has 1 heterocycles. The highest BCUT2D eigenvalue weighted by molar-refractivity contribution is 7.15. The van der Waals surface area contributed by atoms with Gasteiger partial charge < -0.3 is 15.4 Å². The van der Waals surface area contributed by atoms with Crippen molar-refractivity contribution in [3.8, 4) is 11.1 Å². The van der Waals surface area contributed by atoms with Crippen molar-refractivity contribution in [2.75, 3.05) is 18.5 Å². The van der Waals surface area contributed by atoms with Crippen LogP contribution in [0.4, 0.5) is 5.00 Å². The number of esters is 1. The van der Waals surface area contributed by atoms with Crippen LogP contribution < -0.4 is 10.6 Å².